The molecule has 0 spiro atoms. The SMILES string of the molecule is COc1cc(/C=C/C(=O)OCCO[N+](=O)[O-])c2cc1OC(=O)CCC/C=C\C[C@@H]1[C@@H](CCC(=O)CCCCCC2)[C@H](O)C[C@@H]1O. The van der Waals surface area contributed by atoms with Gasteiger partial charge in [0.05, 0.1) is 19.3 Å². The highest BCUT2D eigenvalue weighted by atomic mass is 17.0. The van der Waals surface area contributed by atoms with Crippen molar-refractivity contribution < 1.29 is 48.7 Å². The second-order valence-corrected chi connectivity index (χ2v) is 11.5. The van der Waals surface area contributed by atoms with Crippen molar-refractivity contribution in [1.82, 2.24) is 0 Å². The van der Waals surface area contributed by atoms with Gasteiger partial charge in [-0.1, -0.05) is 25.0 Å². The number of allylic oxidation sites excluding steroid dienone is 2. The third-order valence-corrected chi connectivity index (χ3v) is 8.33. The molecule has 1 saturated carbocycles. The van der Waals surface area contributed by atoms with Crippen molar-refractivity contribution in [2.75, 3.05) is 20.3 Å². The summed E-state index contributed by atoms with van der Waals surface area (Å²) < 4.78 is 16.1. The minimum atomic E-state index is -0.964. The van der Waals surface area contributed by atoms with E-state index >= 15 is 0 Å². The second kappa shape index (κ2) is 18.9. The molecule has 3 rings (SSSR count). The van der Waals surface area contributed by atoms with Gasteiger partial charge in [0.1, 0.15) is 19.0 Å². The Labute approximate surface area is 263 Å². The van der Waals surface area contributed by atoms with Gasteiger partial charge in [0.15, 0.2) is 11.5 Å². The van der Waals surface area contributed by atoms with Gasteiger partial charge < -0.3 is 29.3 Å². The summed E-state index contributed by atoms with van der Waals surface area (Å²) in [6.45, 7) is -0.651. The normalized spacial score (nSPS) is 24.9. The lowest BCUT2D eigenvalue weighted by atomic mass is 9.86. The first-order valence-corrected chi connectivity index (χ1v) is 15.7. The zero-order valence-corrected chi connectivity index (χ0v) is 25.9. The number of Topliss-reactive ketones (excluding diaryl/α,β-unsaturated/α-hetero) is 1. The number of carbonyl (C=O) groups excluding carboxylic acids is 3. The first-order chi connectivity index (χ1) is 21.7. The quantitative estimate of drug-likeness (QED) is 0.0813. The van der Waals surface area contributed by atoms with E-state index in [1.54, 1.807) is 18.2 Å². The van der Waals surface area contributed by atoms with Crippen LogP contribution in [-0.2, 0) is 30.4 Å². The maximum absolute atomic E-state index is 12.7. The van der Waals surface area contributed by atoms with Gasteiger partial charge in [0.25, 0.3) is 5.09 Å². The molecule has 1 aliphatic carbocycles. The molecule has 12 heteroatoms. The maximum Gasteiger partial charge on any atom is 0.330 e. The van der Waals surface area contributed by atoms with Crippen molar-refractivity contribution in [3.8, 4) is 11.5 Å². The highest BCUT2D eigenvalue weighted by Crippen LogP contribution is 2.38. The number of benzene rings is 1. The van der Waals surface area contributed by atoms with E-state index in [2.05, 4.69) is 4.84 Å². The van der Waals surface area contributed by atoms with Crippen LogP contribution in [0.15, 0.2) is 30.4 Å². The summed E-state index contributed by atoms with van der Waals surface area (Å²) in [7, 11) is 1.45. The molecule has 248 valence electrons. The Bertz CT molecular complexity index is 1210. The maximum atomic E-state index is 12.7. The number of aryl methyl sites for hydroxylation is 1. The van der Waals surface area contributed by atoms with E-state index in [4.69, 9.17) is 14.2 Å². The lowest BCUT2D eigenvalue weighted by molar-refractivity contribution is -0.757. The smallest absolute Gasteiger partial charge is 0.330 e. The Balaban J connectivity index is 1.71. The van der Waals surface area contributed by atoms with E-state index in [9.17, 15) is 34.7 Å². The number of ketones is 1. The molecule has 1 fully saturated rings. The van der Waals surface area contributed by atoms with Crippen LogP contribution in [0.25, 0.3) is 6.08 Å². The zero-order chi connectivity index (χ0) is 32.6. The topological polar surface area (TPSA) is 172 Å². The standard InChI is InChI=1S/C33H45NO11/c1-42-30-20-24(14-17-32(38)43-18-19-44-34(40)41)23-10-6-2-3-7-11-25(35)15-16-27-26(28(36)22-29(27)37)12-8-4-5-9-13-33(39)45-31(30)21-23/h4,8,14,17,20-21,26-29,36-37H,2-3,5-7,9-13,15-16,18-19,22H2,1H3/b8-4-,17-14+/t26-,27-,28+,29-/m1/s1. The fourth-order valence-corrected chi connectivity index (χ4v) is 5.95. The van der Waals surface area contributed by atoms with Gasteiger partial charge in [0.2, 0.25) is 0 Å². The highest BCUT2D eigenvalue weighted by molar-refractivity contribution is 5.87. The van der Waals surface area contributed by atoms with Crippen LogP contribution in [0.1, 0.15) is 88.2 Å². The third-order valence-electron chi connectivity index (χ3n) is 8.33. The molecule has 4 atom stereocenters. The van der Waals surface area contributed by atoms with Gasteiger partial charge in [-0.15, -0.1) is 10.1 Å². The summed E-state index contributed by atoms with van der Waals surface area (Å²) in [5.41, 5.74) is 1.49. The summed E-state index contributed by atoms with van der Waals surface area (Å²) in [5.74, 6) is -0.541. The van der Waals surface area contributed by atoms with E-state index < -0.39 is 29.2 Å². The second-order valence-electron chi connectivity index (χ2n) is 11.5. The molecule has 45 heavy (non-hydrogen) atoms. The lowest BCUT2D eigenvalue weighted by Crippen LogP contribution is -2.22. The van der Waals surface area contributed by atoms with E-state index in [0.717, 1.165) is 31.2 Å². The minimum Gasteiger partial charge on any atom is -0.493 e. The van der Waals surface area contributed by atoms with Crippen LogP contribution in [-0.4, -0.2) is 65.6 Å². The molecular formula is C33H45NO11. The summed E-state index contributed by atoms with van der Waals surface area (Å²) in [4.78, 5) is 51.8. The molecule has 0 unspecified atom stereocenters. The number of rotatable bonds is 7. The molecule has 1 aliphatic heterocycles. The fourth-order valence-electron chi connectivity index (χ4n) is 5.95. The van der Waals surface area contributed by atoms with Crippen LogP contribution < -0.4 is 9.47 Å². The molecular weight excluding hydrogens is 586 g/mol. The fraction of sp³-hybridized carbons (Fsp3) is 0.606. The summed E-state index contributed by atoms with van der Waals surface area (Å²) in [5, 5.41) is 30.3. The van der Waals surface area contributed by atoms with Crippen LogP contribution in [0.5, 0.6) is 11.5 Å². The molecule has 12 nitrogen and oxygen atoms in total. The van der Waals surface area contributed by atoms with Gasteiger partial charge in [-0.3, -0.25) is 9.59 Å². The monoisotopic (exact) mass is 631 g/mol. The molecule has 2 bridgehead atoms. The van der Waals surface area contributed by atoms with E-state index in [1.807, 2.05) is 12.2 Å². The zero-order valence-electron chi connectivity index (χ0n) is 25.9. The summed E-state index contributed by atoms with van der Waals surface area (Å²) in [6, 6.07) is 3.42. The Morgan fingerprint density at radius 3 is 2.51 bits per heavy atom. The first kappa shape index (κ1) is 35.7. The van der Waals surface area contributed by atoms with Gasteiger partial charge in [-0.25, -0.2) is 4.79 Å². The van der Waals surface area contributed by atoms with Crippen molar-refractivity contribution in [3.05, 3.63) is 51.6 Å². The van der Waals surface area contributed by atoms with Crippen molar-refractivity contribution in [2.45, 2.75) is 95.7 Å². The highest BCUT2D eigenvalue weighted by Gasteiger charge is 2.40. The van der Waals surface area contributed by atoms with Crippen LogP contribution in [0.4, 0.5) is 0 Å². The van der Waals surface area contributed by atoms with Crippen LogP contribution in [0.3, 0.4) is 0 Å². The van der Waals surface area contributed by atoms with E-state index in [0.29, 0.717) is 62.7 Å². The third kappa shape index (κ3) is 12.3. The number of methoxy groups -OCH3 is 1. The Morgan fingerprint density at radius 2 is 1.76 bits per heavy atom. The molecule has 2 aliphatic rings. The number of carbonyl (C=O) groups is 3. The number of fused-ring (bicyclic) bond motifs is 3. The minimum absolute atomic E-state index is 0.0904. The van der Waals surface area contributed by atoms with Crippen LogP contribution in [0.2, 0.25) is 0 Å². The molecule has 0 aromatic heterocycles. The Morgan fingerprint density at radius 1 is 1.00 bits per heavy atom. The number of nitrogens with zero attached hydrogens (tertiary/aromatic N) is 1. The van der Waals surface area contributed by atoms with E-state index in [-0.39, 0.29) is 43.0 Å². The predicted octanol–water partition coefficient (Wildman–Crippen LogP) is 4.70. The first-order valence-electron chi connectivity index (χ1n) is 15.7. The van der Waals surface area contributed by atoms with Crippen LogP contribution >= 0.6 is 0 Å². The largest absolute Gasteiger partial charge is 0.493 e. The lowest BCUT2D eigenvalue weighted by Gasteiger charge is -2.22. The average molecular weight is 632 g/mol. The molecule has 0 amide bonds. The van der Waals surface area contributed by atoms with Crippen molar-refractivity contribution in [1.29, 1.82) is 0 Å². The number of esters is 2. The molecule has 1 heterocycles. The predicted molar refractivity (Wildman–Crippen MR) is 164 cm³/mol. The number of hydrogen-bond acceptors (Lipinski definition) is 11. The molecule has 1 aromatic carbocycles. The van der Waals surface area contributed by atoms with Crippen molar-refractivity contribution in [3.63, 3.8) is 0 Å². The molecule has 1 aromatic rings. The van der Waals surface area contributed by atoms with Gasteiger partial charge in [0, 0.05) is 25.3 Å². The van der Waals surface area contributed by atoms with E-state index in [1.165, 1.54) is 13.2 Å². The number of hydrogen-bond donors (Lipinski definition) is 2. The number of ether oxygens (including phenoxy) is 3. The van der Waals surface area contributed by atoms with Gasteiger partial charge in [-0.05, 0) is 92.5 Å². The average Bonchev–Trinajstić information content (AvgIpc) is 3.27. The molecule has 0 radical (unpaired) electrons. The van der Waals surface area contributed by atoms with Crippen molar-refractivity contribution >= 4 is 23.8 Å². The molecule has 2 N–H and O–H groups in total. The summed E-state index contributed by atoms with van der Waals surface area (Å²) in [6.07, 6.45) is 13.1. The van der Waals surface area contributed by atoms with Gasteiger partial charge >= 0.3 is 11.9 Å². The van der Waals surface area contributed by atoms with Crippen LogP contribution in [0, 0.1) is 22.0 Å². The van der Waals surface area contributed by atoms with Crippen molar-refractivity contribution in [2.24, 2.45) is 11.8 Å². The number of aliphatic hydroxyl groups excluding tert-OH is 2. The summed E-state index contributed by atoms with van der Waals surface area (Å²) >= 11 is 0. The Kier molecular flexibility index (Phi) is 15.0. The van der Waals surface area contributed by atoms with Gasteiger partial charge in [-0.2, -0.15) is 0 Å². The Hall–Kier alpha value is -3.77. The molecule has 0 saturated heterocycles. The number of aliphatic hydroxyl groups is 2.